The Morgan fingerprint density at radius 1 is 1.41 bits per heavy atom. The molecule has 2 aromatic rings. The van der Waals surface area contributed by atoms with Crippen molar-refractivity contribution in [3.63, 3.8) is 0 Å². The highest BCUT2D eigenvalue weighted by Crippen LogP contribution is 2.35. The molecule has 2 saturated heterocycles. The highest BCUT2D eigenvalue weighted by molar-refractivity contribution is 7.15. The minimum Gasteiger partial charge on any atom is -0.484 e. The molecule has 3 atom stereocenters. The van der Waals surface area contributed by atoms with E-state index in [0.29, 0.717) is 6.04 Å². The number of aryl methyl sites for hydroxylation is 1. The fourth-order valence-electron chi connectivity index (χ4n) is 3.23. The van der Waals surface area contributed by atoms with E-state index in [-0.39, 0.29) is 12.2 Å². The summed E-state index contributed by atoms with van der Waals surface area (Å²) in [5.74, 6) is 0.788. The number of nitrogens with zero attached hydrogens (tertiary/aromatic N) is 4. The number of anilines is 1. The summed E-state index contributed by atoms with van der Waals surface area (Å²) in [7, 11) is 0. The van der Waals surface area contributed by atoms with Gasteiger partial charge in [0.05, 0.1) is 18.8 Å². The van der Waals surface area contributed by atoms with E-state index < -0.39 is 0 Å². The van der Waals surface area contributed by atoms with Crippen molar-refractivity contribution in [2.75, 3.05) is 18.1 Å². The van der Waals surface area contributed by atoms with Gasteiger partial charge in [0.15, 0.2) is 0 Å². The molecular weight excluding hydrogens is 300 g/mol. The minimum absolute atomic E-state index is 0.00120. The summed E-state index contributed by atoms with van der Waals surface area (Å²) in [4.78, 5) is 6.41. The summed E-state index contributed by atoms with van der Waals surface area (Å²) in [6.07, 6.45) is 5.76. The van der Waals surface area contributed by atoms with Crippen LogP contribution < -0.4 is 9.64 Å². The first-order valence-corrected chi connectivity index (χ1v) is 8.38. The second-order valence-electron chi connectivity index (χ2n) is 5.65. The zero-order chi connectivity index (χ0) is 14.9. The molecule has 4 rings (SSSR count). The molecule has 2 aliphatic heterocycles. The highest BCUT2D eigenvalue weighted by atomic mass is 32.1. The fourth-order valence-corrected chi connectivity index (χ4v) is 3.98. The van der Waals surface area contributed by atoms with Crippen LogP contribution in [0.25, 0.3) is 0 Å². The van der Waals surface area contributed by atoms with Crippen molar-refractivity contribution >= 4 is 16.5 Å². The minimum atomic E-state index is -0.00120. The average Bonchev–Trinajstić information content (AvgIpc) is 3.13. The van der Waals surface area contributed by atoms with Crippen LogP contribution in [-0.4, -0.2) is 46.6 Å². The van der Waals surface area contributed by atoms with Crippen LogP contribution in [0.15, 0.2) is 24.5 Å². The average molecular weight is 318 g/mol. The van der Waals surface area contributed by atoms with Crippen LogP contribution >= 0.6 is 11.3 Å². The second kappa shape index (κ2) is 5.81. The third-order valence-corrected chi connectivity index (χ3v) is 5.04. The van der Waals surface area contributed by atoms with Crippen molar-refractivity contribution in [3.05, 3.63) is 29.5 Å². The van der Waals surface area contributed by atoms with Gasteiger partial charge in [0.2, 0.25) is 5.13 Å². The summed E-state index contributed by atoms with van der Waals surface area (Å²) in [5.41, 5.74) is 0. The Kier molecular flexibility index (Phi) is 3.67. The SMILES string of the molecule is Cc1nnc(N2C[C@H](Oc3cccnc3)[C@H]3OCCC[C@H]32)s1. The smallest absolute Gasteiger partial charge is 0.208 e. The zero-order valence-electron chi connectivity index (χ0n) is 12.4. The van der Waals surface area contributed by atoms with Crippen molar-refractivity contribution in [1.82, 2.24) is 15.2 Å². The lowest BCUT2D eigenvalue weighted by atomic mass is 10.0. The van der Waals surface area contributed by atoms with Gasteiger partial charge in [0.25, 0.3) is 0 Å². The fraction of sp³-hybridized carbons (Fsp3) is 0.533. The molecule has 6 nitrogen and oxygen atoms in total. The van der Waals surface area contributed by atoms with Crippen molar-refractivity contribution < 1.29 is 9.47 Å². The Labute approximate surface area is 133 Å². The van der Waals surface area contributed by atoms with Gasteiger partial charge in [0, 0.05) is 12.8 Å². The van der Waals surface area contributed by atoms with Gasteiger partial charge in [-0.25, -0.2) is 0 Å². The van der Waals surface area contributed by atoms with Crippen LogP contribution in [0.4, 0.5) is 5.13 Å². The van der Waals surface area contributed by atoms with E-state index >= 15 is 0 Å². The molecule has 0 unspecified atom stereocenters. The lowest BCUT2D eigenvalue weighted by Crippen LogP contribution is -2.42. The molecule has 0 N–H and O–H groups in total. The lowest BCUT2D eigenvalue weighted by molar-refractivity contribution is -0.0362. The van der Waals surface area contributed by atoms with Gasteiger partial charge in [-0.3, -0.25) is 4.98 Å². The molecule has 4 heterocycles. The van der Waals surface area contributed by atoms with E-state index in [9.17, 15) is 0 Å². The number of hydrogen-bond donors (Lipinski definition) is 0. The number of ether oxygens (including phenoxy) is 2. The highest BCUT2D eigenvalue weighted by Gasteiger charge is 2.46. The summed E-state index contributed by atoms with van der Waals surface area (Å²) in [5, 5.41) is 10.4. The Morgan fingerprint density at radius 3 is 3.14 bits per heavy atom. The third kappa shape index (κ3) is 2.55. The Balaban J connectivity index is 1.57. The lowest BCUT2D eigenvalue weighted by Gasteiger charge is -2.31. The van der Waals surface area contributed by atoms with Crippen LogP contribution in [0.5, 0.6) is 5.75 Å². The van der Waals surface area contributed by atoms with Gasteiger partial charge in [-0.1, -0.05) is 11.3 Å². The summed E-state index contributed by atoms with van der Waals surface area (Å²) < 4.78 is 12.1. The maximum absolute atomic E-state index is 6.13. The van der Waals surface area contributed by atoms with E-state index in [1.165, 1.54) is 0 Å². The number of pyridine rings is 1. The third-order valence-electron chi connectivity index (χ3n) is 4.16. The van der Waals surface area contributed by atoms with Crippen molar-refractivity contribution in [1.29, 1.82) is 0 Å². The largest absolute Gasteiger partial charge is 0.484 e. The molecule has 0 aliphatic carbocycles. The predicted octanol–water partition coefficient (Wildman–Crippen LogP) is 2.06. The van der Waals surface area contributed by atoms with Crippen LogP contribution in [0.2, 0.25) is 0 Å². The molecule has 0 spiro atoms. The second-order valence-corrected chi connectivity index (χ2v) is 6.81. The van der Waals surface area contributed by atoms with Crippen LogP contribution in [-0.2, 0) is 4.74 Å². The number of fused-ring (bicyclic) bond motifs is 1. The van der Waals surface area contributed by atoms with Crippen molar-refractivity contribution in [2.24, 2.45) is 0 Å². The van der Waals surface area contributed by atoms with Gasteiger partial charge in [-0.15, -0.1) is 10.2 Å². The first-order valence-electron chi connectivity index (χ1n) is 7.56. The van der Waals surface area contributed by atoms with E-state index in [0.717, 1.165) is 41.9 Å². The maximum Gasteiger partial charge on any atom is 0.208 e. The molecule has 0 saturated carbocycles. The first-order chi connectivity index (χ1) is 10.8. The number of hydrogen-bond acceptors (Lipinski definition) is 7. The van der Waals surface area contributed by atoms with Crippen LogP contribution in [0.3, 0.4) is 0 Å². The Bertz CT molecular complexity index is 635. The molecule has 0 amide bonds. The predicted molar refractivity (Wildman–Crippen MR) is 83.4 cm³/mol. The van der Waals surface area contributed by atoms with Crippen LogP contribution in [0, 0.1) is 6.92 Å². The van der Waals surface area contributed by atoms with Gasteiger partial charge in [-0.05, 0) is 31.9 Å². The van der Waals surface area contributed by atoms with E-state index in [1.807, 2.05) is 19.1 Å². The molecule has 0 radical (unpaired) electrons. The Hall–Kier alpha value is -1.73. The first kappa shape index (κ1) is 13.9. The molecule has 22 heavy (non-hydrogen) atoms. The standard InChI is InChI=1S/C15H18N4O2S/c1-10-17-18-15(22-10)19-9-13(14-12(19)5-3-7-20-14)21-11-4-2-6-16-8-11/h2,4,6,8,12-14H,3,5,7,9H2,1H3/t12-,13+,14+/m1/s1. The van der Waals surface area contributed by atoms with Crippen molar-refractivity contribution in [2.45, 2.75) is 38.0 Å². The summed E-state index contributed by atoms with van der Waals surface area (Å²) in [6, 6.07) is 4.14. The zero-order valence-corrected chi connectivity index (χ0v) is 13.2. The molecule has 7 heteroatoms. The molecule has 2 aromatic heterocycles. The molecular formula is C15H18N4O2S. The van der Waals surface area contributed by atoms with Crippen LogP contribution in [0.1, 0.15) is 17.8 Å². The molecule has 0 bridgehead atoms. The molecule has 116 valence electrons. The van der Waals surface area contributed by atoms with E-state index in [4.69, 9.17) is 9.47 Å². The van der Waals surface area contributed by atoms with E-state index in [2.05, 4.69) is 20.1 Å². The Morgan fingerprint density at radius 2 is 2.36 bits per heavy atom. The van der Waals surface area contributed by atoms with Gasteiger partial charge >= 0.3 is 0 Å². The number of aromatic nitrogens is 3. The van der Waals surface area contributed by atoms with E-state index in [1.54, 1.807) is 23.7 Å². The molecule has 2 aliphatic rings. The van der Waals surface area contributed by atoms with Gasteiger partial charge in [-0.2, -0.15) is 0 Å². The summed E-state index contributed by atoms with van der Waals surface area (Å²) >= 11 is 1.63. The quantitative estimate of drug-likeness (QED) is 0.863. The molecule has 2 fully saturated rings. The monoisotopic (exact) mass is 318 g/mol. The van der Waals surface area contributed by atoms with Crippen molar-refractivity contribution in [3.8, 4) is 5.75 Å². The normalized spacial score (nSPS) is 27.7. The summed E-state index contributed by atoms with van der Waals surface area (Å²) in [6.45, 7) is 3.56. The van der Waals surface area contributed by atoms with Gasteiger partial charge in [0.1, 0.15) is 23.0 Å². The topological polar surface area (TPSA) is 60.4 Å². The number of rotatable bonds is 3. The van der Waals surface area contributed by atoms with Gasteiger partial charge < -0.3 is 14.4 Å². The maximum atomic E-state index is 6.13. The molecule has 0 aromatic carbocycles.